The first-order chi connectivity index (χ1) is 11.2. The molecule has 0 bridgehead atoms. The van der Waals surface area contributed by atoms with Crippen molar-refractivity contribution in [1.82, 2.24) is 0 Å². The van der Waals surface area contributed by atoms with Crippen LogP contribution in [0.5, 0.6) is 0 Å². The van der Waals surface area contributed by atoms with Crippen LogP contribution in [0.15, 0.2) is 65.2 Å². The van der Waals surface area contributed by atoms with E-state index in [1.165, 1.54) is 6.08 Å². The van der Waals surface area contributed by atoms with E-state index in [0.717, 1.165) is 29.0 Å². The summed E-state index contributed by atoms with van der Waals surface area (Å²) in [7, 11) is 1.00. The third-order valence-corrected chi connectivity index (χ3v) is 3.33. The van der Waals surface area contributed by atoms with Crippen molar-refractivity contribution in [3.63, 3.8) is 0 Å². The summed E-state index contributed by atoms with van der Waals surface area (Å²) >= 11 is 3.35. The second kappa shape index (κ2) is 10.4. The Bertz CT molecular complexity index is 701. The highest BCUT2D eigenvalue weighted by Crippen LogP contribution is 2.13. The minimum Gasteiger partial charge on any atom is -0.400 e. The molecule has 0 spiro atoms. The average Bonchev–Trinajstić information content (AvgIpc) is 2.60. The lowest BCUT2D eigenvalue weighted by molar-refractivity contribution is -0.104. The van der Waals surface area contributed by atoms with E-state index in [-0.39, 0.29) is 5.78 Å². The van der Waals surface area contributed by atoms with Gasteiger partial charge in [-0.25, -0.2) is 0 Å². The van der Waals surface area contributed by atoms with E-state index >= 15 is 0 Å². The molecule has 0 fully saturated rings. The van der Waals surface area contributed by atoms with Gasteiger partial charge in [-0.15, -0.1) is 0 Å². The van der Waals surface area contributed by atoms with Gasteiger partial charge < -0.3 is 5.11 Å². The smallest absolute Gasteiger partial charge is 0.185 e. The summed E-state index contributed by atoms with van der Waals surface area (Å²) in [6.07, 6.45) is 7.24. The van der Waals surface area contributed by atoms with Gasteiger partial charge in [0.05, 0.1) is 0 Å². The quantitative estimate of drug-likeness (QED) is 0.486. The monoisotopic (exact) mass is 372 g/mol. The molecule has 0 heterocycles. The molecule has 0 aromatic heterocycles. The lowest BCUT2D eigenvalue weighted by Gasteiger charge is -1.98. The first-order valence-electron chi connectivity index (χ1n) is 6.83. The molecule has 2 aromatic carbocycles. The molecule has 2 aromatic rings. The van der Waals surface area contributed by atoms with Gasteiger partial charge in [0.1, 0.15) is 6.29 Å². The van der Waals surface area contributed by atoms with Crippen molar-refractivity contribution in [3.05, 3.63) is 81.8 Å². The lowest BCUT2D eigenvalue weighted by Crippen LogP contribution is -1.93. The van der Waals surface area contributed by atoms with Crippen LogP contribution in [0.3, 0.4) is 0 Å². The number of carbonyl (C=O) groups excluding carboxylic acids is 2. The van der Waals surface area contributed by atoms with E-state index in [9.17, 15) is 9.59 Å². The van der Waals surface area contributed by atoms with Crippen LogP contribution in [0.2, 0.25) is 0 Å². The number of halogens is 1. The molecule has 0 saturated heterocycles. The fourth-order valence-electron chi connectivity index (χ4n) is 1.78. The van der Waals surface area contributed by atoms with Crippen LogP contribution in [0.4, 0.5) is 0 Å². The maximum Gasteiger partial charge on any atom is 0.185 e. The Labute approximate surface area is 144 Å². The maximum atomic E-state index is 12.0. The molecule has 0 saturated carbocycles. The molecule has 2 rings (SSSR count). The number of rotatable bonds is 5. The normalized spacial score (nSPS) is 10.4. The largest absolute Gasteiger partial charge is 0.400 e. The molecule has 0 aliphatic carbocycles. The Morgan fingerprint density at radius 1 is 1.00 bits per heavy atom. The van der Waals surface area contributed by atoms with E-state index < -0.39 is 0 Å². The van der Waals surface area contributed by atoms with Gasteiger partial charge in [-0.1, -0.05) is 64.5 Å². The number of ketones is 1. The Hall–Kier alpha value is -2.30. The predicted octanol–water partition coefficient (Wildman–Crippen LogP) is 4.17. The maximum absolute atomic E-state index is 12.0. The fourth-order valence-corrected chi connectivity index (χ4v) is 2.18. The summed E-state index contributed by atoms with van der Waals surface area (Å²) in [6, 6.07) is 14.9. The van der Waals surface area contributed by atoms with Crippen LogP contribution in [0, 0.1) is 0 Å². The molecule has 0 amide bonds. The van der Waals surface area contributed by atoms with Crippen molar-refractivity contribution in [2.75, 3.05) is 7.11 Å². The Kier molecular flexibility index (Phi) is 8.50. The number of allylic oxidation sites excluding steroid dienone is 2. The molecule has 0 aliphatic heterocycles. The molecule has 0 atom stereocenters. The molecule has 1 N–H and O–H groups in total. The zero-order chi connectivity index (χ0) is 17.1. The summed E-state index contributed by atoms with van der Waals surface area (Å²) < 4.78 is 0.882. The predicted molar refractivity (Wildman–Crippen MR) is 97.2 cm³/mol. The Balaban J connectivity index is 0.00000127. The zero-order valence-electron chi connectivity index (χ0n) is 12.6. The third kappa shape index (κ3) is 6.55. The number of benzene rings is 2. The molecule has 0 radical (unpaired) electrons. The molecule has 4 heteroatoms. The van der Waals surface area contributed by atoms with Crippen LogP contribution in [0.25, 0.3) is 12.2 Å². The second-order valence-electron chi connectivity index (χ2n) is 4.37. The highest BCUT2D eigenvalue weighted by Gasteiger charge is 2.01. The summed E-state index contributed by atoms with van der Waals surface area (Å²) in [5.74, 6) is -0.0405. The van der Waals surface area contributed by atoms with Gasteiger partial charge in [0.2, 0.25) is 0 Å². The summed E-state index contributed by atoms with van der Waals surface area (Å²) in [6.45, 7) is 0. The van der Waals surface area contributed by atoms with Crippen molar-refractivity contribution in [2.24, 2.45) is 0 Å². The molecule has 3 nitrogen and oxygen atoms in total. The van der Waals surface area contributed by atoms with Gasteiger partial charge in [0.25, 0.3) is 0 Å². The number of aliphatic hydroxyl groups excluding tert-OH is 1. The van der Waals surface area contributed by atoms with Crippen molar-refractivity contribution >= 4 is 40.2 Å². The number of carbonyl (C=O) groups is 2. The minimum absolute atomic E-state index is 0.0405. The number of aliphatic hydroxyl groups is 1. The molecule has 23 heavy (non-hydrogen) atoms. The Morgan fingerprint density at radius 3 is 2.17 bits per heavy atom. The highest BCUT2D eigenvalue weighted by molar-refractivity contribution is 9.10. The number of hydrogen-bond acceptors (Lipinski definition) is 3. The van der Waals surface area contributed by atoms with Crippen LogP contribution in [-0.2, 0) is 4.79 Å². The van der Waals surface area contributed by atoms with Gasteiger partial charge in [0, 0.05) is 17.1 Å². The first-order valence-corrected chi connectivity index (χ1v) is 7.63. The second-order valence-corrected chi connectivity index (χ2v) is 5.29. The van der Waals surface area contributed by atoms with E-state index in [1.807, 2.05) is 36.4 Å². The van der Waals surface area contributed by atoms with E-state index in [4.69, 9.17) is 5.11 Å². The van der Waals surface area contributed by atoms with Crippen LogP contribution in [-0.4, -0.2) is 24.3 Å². The molecular formula is C19H17BrO3. The molecule has 118 valence electrons. The Morgan fingerprint density at radius 2 is 1.61 bits per heavy atom. The van der Waals surface area contributed by atoms with Crippen molar-refractivity contribution in [3.8, 4) is 0 Å². The number of aldehydes is 1. The van der Waals surface area contributed by atoms with Crippen molar-refractivity contribution in [2.45, 2.75) is 0 Å². The first kappa shape index (κ1) is 18.7. The van der Waals surface area contributed by atoms with Crippen LogP contribution < -0.4 is 0 Å². The highest BCUT2D eigenvalue weighted by atomic mass is 79.9. The van der Waals surface area contributed by atoms with Crippen LogP contribution in [0.1, 0.15) is 21.5 Å². The van der Waals surface area contributed by atoms with Crippen LogP contribution >= 0.6 is 15.9 Å². The van der Waals surface area contributed by atoms with Crippen molar-refractivity contribution < 1.29 is 14.7 Å². The van der Waals surface area contributed by atoms with Gasteiger partial charge >= 0.3 is 0 Å². The SMILES string of the molecule is CO.O=C/C=C/c1ccc(/C=C/C(=O)c2cccc(Br)c2)cc1. The van der Waals surface area contributed by atoms with Crippen molar-refractivity contribution in [1.29, 1.82) is 0 Å². The van der Waals surface area contributed by atoms with Gasteiger partial charge in [-0.05, 0) is 35.4 Å². The van der Waals surface area contributed by atoms with Gasteiger partial charge in [-0.2, -0.15) is 0 Å². The molecule has 0 aliphatic rings. The summed E-state index contributed by atoms with van der Waals surface area (Å²) in [5, 5.41) is 7.00. The molecule has 0 unspecified atom stereocenters. The third-order valence-electron chi connectivity index (χ3n) is 2.84. The molecular weight excluding hydrogens is 356 g/mol. The van der Waals surface area contributed by atoms with Gasteiger partial charge in [-0.3, -0.25) is 9.59 Å². The van der Waals surface area contributed by atoms with Gasteiger partial charge in [0.15, 0.2) is 5.78 Å². The lowest BCUT2D eigenvalue weighted by atomic mass is 10.1. The zero-order valence-corrected chi connectivity index (χ0v) is 14.2. The minimum atomic E-state index is -0.0405. The van der Waals surface area contributed by atoms with E-state index in [2.05, 4.69) is 15.9 Å². The fraction of sp³-hybridized carbons (Fsp3) is 0.0526. The number of hydrogen-bond donors (Lipinski definition) is 1. The topological polar surface area (TPSA) is 54.4 Å². The average molecular weight is 373 g/mol. The van der Waals surface area contributed by atoms with E-state index in [0.29, 0.717) is 5.56 Å². The summed E-state index contributed by atoms with van der Waals surface area (Å²) in [4.78, 5) is 22.3. The summed E-state index contributed by atoms with van der Waals surface area (Å²) in [5.41, 5.74) is 2.52. The standard InChI is InChI=1S/C18H13BrO2.CH4O/c19-17-5-1-4-16(13-17)18(21)11-10-15-8-6-14(7-9-15)3-2-12-20;1-2/h1-13H;2H,1H3/b3-2+,11-10+;. The van der Waals surface area contributed by atoms with E-state index in [1.54, 1.807) is 30.4 Å².